The highest BCUT2D eigenvalue weighted by Gasteiger charge is 2.29. The van der Waals surface area contributed by atoms with Gasteiger partial charge in [-0.15, -0.1) is 0 Å². The molecule has 1 fully saturated rings. The number of ether oxygens (including phenoxy) is 2. The van der Waals surface area contributed by atoms with E-state index in [0.717, 1.165) is 12.8 Å². The quantitative estimate of drug-likeness (QED) is 0.855. The number of rotatable bonds is 4. The minimum Gasteiger partial charge on any atom is -0.495 e. The van der Waals surface area contributed by atoms with Gasteiger partial charge in [-0.3, -0.25) is 4.79 Å². The molecule has 7 heteroatoms. The first-order valence-corrected chi connectivity index (χ1v) is 7.99. The molecule has 1 aliphatic heterocycles. The van der Waals surface area contributed by atoms with Crippen molar-refractivity contribution in [2.24, 2.45) is 5.92 Å². The summed E-state index contributed by atoms with van der Waals surface area (Å²) in [7, 11) is 1.52. The zero-order chi connectivity index (χ0) is 16.8. The van der Waals surface area contributed by atoms with Crippen molar-refractivity contribution in [2.75, 3.05) is 32.1 Å². The Bertz CT molecular complexity index is 579. The molecule has 1 saturated heterocycles. The number of carbonyl (C=O) groups excluding carboxylic acids is 2. The van der Waals surface area contributed by atoms with E-state index < -0.39 is 0 Å². The number of amides is 2. The molecule has 1 atom stereocenters. The molecular formula is C16H21ClN2O4. The van der Waals surface area contributed by atoms with Crippen LogP contribution in [0.1, 0.15) is 19.8 Å². The van der Waals surface area contributed by atoms with Crippen LogP contribution in [0.15, 0.2) is 18.2 Å². The number of benzene rings is 1. The largest absolute Gasteiger partial charge is 0.495 e. The van der Waals surface area contributed by atoms with Gasteiger partial charge in [0.2, 0.25) is 0 Å². The molecule has 23 heavy (non-hydrogen) atoms. The second kappa shape index (κ2) is 8.06. The van der Waals surface area contributed by atoms with Crippen LogP contribution >= 0.6 is 11.6 Å². The van der Waals surface area contributed by atoms with Crippen LogP contribution in [-0.4, -0.2) is 43.7 Å². The third kappa shape index (κ3) is 4.51. The number of nitrogens with one attached hydrogen (secondary N) is 1. The van der Waals surface area contributed by atoms with E-state index >= 15 is 0 Å². The van der Waals surface area contributed by atoms with E-state index in [9.17, 15) is 9.59 Å². The van der Waals surface area contributed by atoms with Crippen molar-refractivity contribution >= 4 is 29.3 Å². The summed E-state index contributed by atoms with van der Waals surface area (Å²) in [6, 6.07) is 4.73. The van der Waals surface area contributed by atoms with Crippen molar-refractivity contribution in [2.45, 2.75) is 19.8 Å². The molecule has 0 spiro atoms. The molecule has 1 aliphatic rings. The van der Waals surface area contributed by atoms with Gasteiger partial charge in [-0.2, -0.15) is 0 Å². The number of carbonyl (C=O) groups is 2. The van der Waals surface area contributed by atoms with Crippen molar-refractivity contribution in [1.29, 1.82) is 0 Å². The van der Waals surface area contributed by atoms with Gasteiger partial charge in [0.25, 0.3) is 0 Å². The van der Waals surface area contributed by atoms with Crippen molar-refractivity contribution in [3.05, 3.63) is 23.2 Å². The molecule has 1 N–H and O–H groups in total. The van der Waals surface area contributed by atoms with Crippen LogP contribution in [-0.2, 0) is 9.53 Å². The maximum absolute atomic E-state index is 12.4. The van der Waals surface area contributed by atoms with E-state index in [1.54, 1.807) is 30.0 Å². The number of piperidine rings is 1. The summed E-state index contributed by atoms with van der Waals surface area (Å²) in [5, 5.41) is 3.29. The van der Waals surface area contributed by atoms with Crippen LogP contribution in [0.4, 0.5) is 10.5 Å². The minimum atomic E-state index is -0.278. The number of hydrogen-bond donors (Lipinski definition) is 1. The fraction of sp³-hybridized carbons (Fsp3) is 0.500. The average molecular weight is 341 g/mol. The molecule has 126 valence electrons. The predicted molar refractivity (Wildman–Crippen MR) is 88.0 cm³/mol. The summed E-state index contributed by atoms with van der Waals surface area (Å²) in [4.78, 5) is 25.9. The lowest BCUT2D eigenvalue weighted by molar-refractivity contribution is -0.149. The summed E-state index contributed by atoms with van der Waals surface area (Å²) in [5.74, 6) is 0.0164. The smallest absolute Gasteiger partial charge is 0.321 e. The highest BCUT2D eigenvalue weighted by molar-refractivity contribution is 6.31. The fourth-order valence-electron chi connectivity index (χ4n) is 2.59. The third-order valence-corrected chi connectivity index (χ3v) is 3.97. The topological polar surface area (TPSA) is 67.9 Å². The van der Waals surface area contributed by atoms with Crippen LogP contribution in [0.2, 0.25) is 5.02 Å². The lowest BCUT2D eigenvalue weighted by Crippen LogP contribution is -2.44. The molecule has 0 unspecified atom stereocenters. The van der Waals surface area contributed by atoms with Gasteiger partial charge in [0.1, 0.15) is 5.75 Å². The Hall–Kier alpha value is -1.95. The van der Waals surface area contributed by atoms with Crippen LogP contribution in [0.25, 0.3) is 0 Å². The number of urea groups is 1. The van der Waals surface area contributed by atoms with Crippen molar-refractivity contribution in [1.82, 2.24) is 4.90 Å². The summed E-state index contributed by atoms with van der Waals surface area (Å²) < 4.78 is 10.3. The average Bonchev–Trinajstić information content (AvgIpc) is 2.55. The molecular weight excluding hydrogens is 320 g/mol. The van der Waals surface area contributed by atoms with Crippen LogP contribution in [0, 0.1) is 5.92 Å². The van der Waals surface area contributed by atoms with E-state index in [-0.39, 0.29) is 17.9 Å². The number of esters is 1. The first-order valence-electron chi connectivity index (χ1n) is 7.61. The number of hydrogen-bond acceptors (Lipinski definition) is 4. The van der Waals surface area contributed by atoms with Gasteiger partial charge in [-0.1, -0.05) is 11.6 Å². The van der Waals surface area contributed by atoms with Crippen LogP contribution < -0.4 is 10.1 Å². The Balaban J connectivity index is 2.03. The second-order valence-electron chi connectivity index (χ2n) is 5.31. The molecule has 0 radical (unpaired) electrons. The zero-order valence-corrected chi connectivity index (χ0v) is 14.1. The number of halogens is 1. The number of nitrogens with zero attached hydrogens (tertiary/aromatic N) is 1. The molecule has 1 aromatic rings. The fourth-order valence-corrected chi connectivity index (χ4v) is 2.76. The molecule has 1 heterocycles. The van der Waals surface area contributed by atoms with Gasteiger partial charge >= 0.3 is 12.0 Å². The van der Waals surface area contributed by atoms with Crippen molar-refractivity contribution < 1.29 is 19.1 Å². The number of anilines is 1. The standard InChI is InChI=1S/C16H21ClN2O4/c1-3-23-15(20)11-5-4-8-19(10-11)16(21)18-13-9-12(17)6-7-14(13)22-2/h6-7,9,11H,3-5,8,10H2,1-2H3,(H,18,21)/t11-/m0/s1. The lowest BCUT2D eigenvalue weighted by atomic mass is 9.98. The number of likely N-dealkylation sites (tertiary alicyclic amines) is 1. The molecule has 0 saturated carbocycles. The Morgan fingerprint density at radius 3 is 2.91 bits per heavy atom. The van der Waals surface area contributed by atoms with Gasteiger partial charge in [0.15, 0.2) is 0 Å². The molecule has 0 aromatic heterocycles. The van der Waals surface area contributed by atoms with E-state index in [1.165, 1.54) is 7.11 Å². The Morgan fingerprint density at radius 2 is 2.22 bits per heavy atom. The second-order valence-corrected chi connectivity index (χ2v) is 5.75. The van der Waals surface area contributed by atoms with Crippen LogP contribution in [0.3, 0.4) is 0 Å². The van der Waals surface area contributed by atoms with E-state index in [1.807, 2.05) is 0 Å². The molecule has 2 amide bonds. The SMILES string of the molecule is CCOC(=O)[C@H]1CCCN(C(=O)Nc2cc(Cl)ccc2OC)C1. The summed E-state index contributed by atoms with van der Waals surface area (Å²) in [5.41, 5.74) is 0.503. The van der Waals surface area contributed by atoms with Crippen molar-refractivity contribution in [3.8, 4) is 5.75 Å². The Labute approximate surface area is 140 Å². The van der Waals surface area contributed by atoms with Crippen LogP contribution in [0.5, 0.6) is 5.75 Å². The molecule has 1 aromatic carbocycles. The van der Waals surface area contributed by atoms with Gasteiger partial charge in [-0.25, -0.2) is 4.79 Å². The Kier molecular flexibility index (Phi) is 6.10. The predicted octanol–water partition coefficient (Wildman–Crippen LogP) is 3.16. The van der Waals surface area contributed by atoms with E-state index in [4.69, 9.17) is 21.1 Å². The normalized spacial score (nSPS) is 17.5. The van der Waals surface area contributed by atoms with E-state index in [2.05, 4.69) is 5.32 Å². The molecule has 0 bridgehead atoms. The highest BCUT2D eigenvalue weighted by atomic mass is 35.5. The summed E-state index contributed by atoms with van der Waals surface area (Å²) in [6.07, 6.45) is 1.51. The summed E-state index contributed by atoms with van der Waals surface area (Å²) >= 11 is 5.96. The number of methoxy groups -OCH3 is 1. The van der Waals surface area contributed by atoms with Crippen molar-refractivity contribution in [3.63, 3.8) is 0 Å². The Morgan fingerprint density at radius 1 is 1.43 bits per heavy atom. The minimum absolute atomic E-state index is 0.245. The molecule has 6 nitrogen and oxygen atoms in total. The third-order valence-electron chi connectivity index (χ3n) is 3.73. The first-order chi connectivity index (χ1) is 11.0. The first kappa shape index (κ1) is 17.4. The maximum atomic E-state index is 12.4. The summed E-state index contributed by atoms with van der Waals surface area (Å²) in [6.45, 7) is 3.08. The maximum Gasteiger partial charge on any atom is 0.321 e. The van der Waals surface area contributed by atoms with E-state index in [0.29, 0.717) is 36.2 Å². The lowest BCUT2D eigenvalue weighted by Gasteiger charge is -2.31. The van der Waals surface area contributed by atoms with Gasteiger partial charge in [0, 0.05) is 18.1 Å². The zero-order valence-electron chi connectivity index (χ0n) is 13.3. The van der Waals surface area contributed by atoms with Gasteiger partial charge in [-0.05, 0) is 38.0 Å². The van der Waals surface area contributed by atoms with Gasteiger partial charge in [0.05, 0.1) is 25.3 Å². The molecule has 2 rings (SSSR count). The highest BCUT2D eigenvalue weighted by Crippen LogP contribution is 2.28. The molecule has 0 aliphatic carbocycles. The van der Waals surface area contributed by atoms with Gasteiger partial charge < -0.3 is 19.7 Å². The monoisotopic (exact) mass is 340 g/mol.